The van der Waals surface area contributed by atoms with Crippen molar-refractivity contribution < 1.29 is 23.5 Å². The Kier molecular flexibility index (Phi) is 9.37. The SMILES string of the molecule is C.C=C1CN(C(=O)C2CC=CCC2C(=O)O)CC1CCF.CF. The van der Waals surface area contributed by atoms with Crippen molar-refractivity contribution in [1.82, 2.24) is 4.90 Å². The van der Waals surface area contributed by atoms with Crippen molar-refractivity contribution in [2.24, 2.45) is 17.8 Å². The van der Waals surface area contributed by atoms with E-state index < -0.39 is 24.5 Å². The molecule has 1 saturated heterocycles. The maximum atomic E-state index is 12.5. The molecule has 1 aliphatic carbocycles. The molecule has 3 atom stereocenters. The lowest BCUT2D eigenvalue weighted by Gasteiger charge is -2.28. The number of halogens is 2. The second kappa shape index (κ2) is 10.1. The van der Waals surface area contributed by atoms with E-state index in [4.69, 9.17) is 0 Å². The lowest BCUT2D eigenvalue weighted by molar-refractivity contribution is -0.150. The van der Waals surface area contributed by atoms with Gasteiger partial charge in [0.2, 0.25) is 5.91 Å². The summed E-state index contributed by atoms with van der Waals surface area (Å²) in [5.74, 6) is -2.21. The van der Waals surface area contributed by atoms with Gasteiger partial charge in [-0.05, 0) is 19.3 Å². The molecule has 0 aromatic heterocycles. The molecule has 1 heterocycles. The normalized spacial score (nSPS) is 26.1. The van der Waals surface area contributed by atoms with E-state index in [-0.39, 0.29) is 19.3 Å². The average Bonchev–Trinajstić information content (AvgIpc) is 2.90. The molecule has 1 fully saturated rings. The first-order valence-electron chi connectivity index (χ1n) is 7.32. The zero-order valence-electron chi connectivity index (χ0n) is 12.8. The molecule has 0 radical (unpaired) electrons. The van der Waals surface area contributed by atoms with Crippen LogP contribution in [0.25, 0.3) is 0 Å². The van der Waals surface area contributed by atoms with Gasteiger partial charge in [-0.2, -0.15) is 0 Å². The molecule has 1 amide bonds. The van der Waals surface area contributed by atoms with Gasteiger partial charge < -0.3 is 10.0 Å². The van der Waals surface area contributed by atoms with E-state index in [1.165, 1.54) is 0 Å². The zero-order valence-corrected chi connectivity index (χ0v) is 12.8. The third-order valence-corrected chi connectivity index (χ3v) is 4.25. The number of carboxylic acids is 1. The minimum atomic E-state index is -0.925. The zero-order chi connectivity index (χ0) is 16.7. The standard InChI is InChI=1S/C15H20FNO3.CH3F.CH4/c1-10-8-17(9-11(10)6-7-16)14(18)12-4-2-3-5-13(12)15(19)20;1-2;/h2-3,11-13H,1,4-9H2,(H,19,20);1H3;1H4. The molecule has 23 heavy (non-hydrogen) atoms. The average molecular weight is 331 g/mol. The Morgan fingerprint density at radius 3 is 2.39 bits per heavy atom. The van der Waals surface area contributed by atoms with Crippen molar-refractivity contribution in [3.05, 3.63) is 24.3 Å². The smallest absolute Gasteiger partial charge is 0.307 e. The molecule has 6 heteroatoms. The first-order chi connectivity index (χ1) is 10.5. The van der Waals surface area contributed by atoms with E-state index in [1.54, 1.807) is 4.90 Å². The number of carboxylic acid groups (broad SMARTS) is 1. The van der Waals surface area contributed by atoms with E-state index >= 15 is 0 Å². The molecule has 0 bridgehead atoms. The van der Waals surface area contributed by atoms with Crippen molar-refractivity contribution in [3.63, 3.8) is 0 Å². The summed E-state index contributed by atoms with van der Waals surface area (Å²) in [4.78, 5) is 25.4. The lowest BCUT2D eigenvalue weighted by atomic mass is 9.82. The van der Waals surface area contributed by atoms with Gasteiger partial charge in [0, 0.05) is 19.0 Å². The van der Waals surface area contributed by atoms with Crippen LogP contribution in [0.5, 0.6) is 0 Å². The van der Waals surface area contributed by atoms with Crippen LogP contribution in [-0.4, -0.2) is 48.8 Å². The van der Waals surface area contributed by atoms with Gasteiger partial charge in [-0.1, -0.05) is 31.7 Å². The summed E-state index contributed by atoms with van der Waals surface area (Å²) in [7, 11) is 0.500. The molecule has 3 unspecified atom stereocenters. The quantitative estimate of drug-likeness (QED) is 0.805. The molecule has 1 aliphatic heterocycles. The fourth-order valence-electron chi connectivity index (χ4n) is 3.02. The fraction of sp³-hybridized carbons (Fsp3) is 0.647. The van der Waals surface area contributed by atoms with Crippen LogP contribution in [0, 0.1) is 17.8 Å². The molecular weight excluding hydrogens is 304 g/mol. The third-order valence-electron chi connectivity index (χ3n) is 4.25. The number of carbonyl (C=O) groups excluding carboxylic acids is 1. The van der Waals surface area contributed by atoms with Crippen LogP contribution < -0.4 is 0 Å². The molecule has 2 aliphatic rings. The summed E-state index contributed by atoms with van der Waals surface area (Å²) < 4.78 is 21.9. The third kappa shape index (κ3) is 5.15. The van der Waals surface area contributed by atoms with E-state index in [9.17, 15) is 23.5 Å². The van der Waals surface area contributed by atoms with Crippen molar-refractivity contribution in [3.8, 4) is 0 Å². The monoisotopic (exact) mass is 331 g/mol. The van der Waals surface area contributed by atoms with Gasteiger partial charge in [0.25, 0.3) is 0 Å². The van der Waals surface area contributed by atoms with Crippen LogP contribution >= 0.6 is 0 Å². The molecule has 0 aromatic rings. The van der Waals surface area contributed by atoms with Gasteiger partial charge >= 0.3 is 5.97 Å². The number of allylic oxidation sites excluding steroid dienone is 2. The highest BCUT2D eigenvalue weighted by Gasteiger charge is 2.39. The summed E-state index contributed by atoms with van der Waals surface area (Å²) in [6.07, 6.45) is 4.93. The predicted molar refractivity (Wildman–Crippen MR) is 86.6 cm³/mol. The van der Waals surface area contributed by atoms with Crippen LogP contribution in [0.3, 0.4) is 0 Å². The number of hydrogen-bond donors (Lipinski definition) is 1. The molecule has 0 aromatic carbocycles. The second-order valence-electron chi connectivity index (χ2n) is 5.55. The molecule has 0 spiro atoms. The molecular formula is C17H27F2NO3. The maximum absolute atomic E-state index is 12.5. The Labute approximate surface area is 136 Å². The molecule has 1 N–H and O–H groups in total. The van der Waals surface area contributed by atoms with Crippen molar-refractivity contribution >= 4 is 11.9 Å². The van der Waals surface area contributed by atoms with E-state index in [0.717, 1.165) is 5.57 Å². The van der Waals surface area contributed by atoms with Crippen molar-refractivity contribution in [2.45, 2.75) is 26.7 Å². The van der Waals surface area contributed by atoms with Crippen LogP contribution in [0.1, 0.15) is 26.7 Å². The van der Waals surface area contributed by atoms with Gasteiger partial charge in [0.05, 0.1) is 25.7 Å². The number of carbonyl (C=O) groups is 2. The highest BCUT2D eigenvalue weighted by Crippen LogP contribution is 2.31. The van der Waals surface area contributed by atoms with E-state index in [1.807, 2.05) is 12.2 Å². The molecule has 2 rings (SSSR count). The van der Waals surface area contributed by atoms with Crippen LogP contribution in [-0.2, 0) is 9.59 Å². The van der Waals surface area contributed by atoms with E-state index in [2.05, 4.69) is 6.58 Å². The second-order valence-corrected chi connectivity index (χ2v) is 5.55. The number of hydrogen-bond acceptors (Lipinski definition) is 2. The highest BCUT2D eigenvalue weighted by molar-refractivity contribution is 5.85. The Morgan fingerprint density at radius 2 is 1.87 bits per heavy atom. The van der Waals surface area contributed by atoms with Crippen molar-refractivity contribution in [1.29, 1.82) is 0 Å². The first kappa shape index (κ1) is 21.3. The Morgan fingerprint density at radius 1 is 1.30 bits per heavy atom. The van der Waals surface area contributed by atoms with Gasteiger partial charge in [-0.25, -0.2) is 0 Å². The van der Waals surface area contributed by atoms with Gasteiger partial charge in [-0.3, -0.25) is 18.4 Å². The first-order valence-corrected chi connectivity index (χ1v) is 7.32. The summed E-state index contributed by atoms with van der Waals surface area (Å²) >= 11 is 0. The summed E-state index contributed by atoms with van der Waals surface area (Å²) in [5, 5.41) is 9.22. The number of amides is 1. The fourth-order valence-corrected chi connectivity index (χ4v) is 3.02. The topological polar surface area (TPSA) is 57.6 Å². The Balaban J connectivity index is 0.00000155. The largest absolute Gasteiger partial charge is 0.481 e. The molecule has 132 valence electrons. The van der Waals surface area contributed by atoms with E-state index in [0.29, 0.717) is 39.5 Å². The van der Waals surface area contributed by atoms with Crippen LogP contribution in [0.4, 0.5) is 8.78 Å². The Hall–Kier alpha value is -1.72. The Bertz CT molecular complexity index is 451. The number of likely N-dealkylation sites (tertiary alicyclic amines) is 1. The van der Waals surface area contributed by atoms with Crippen LogP contribution in [0.2, 0.25) is 0 Å². The van der Waals surface area contributed by atoms with Crippen molar-refractivity contribution in [2.75, 3.05) is 26.9 Å². The maximum Gasteiger partial charge on any atom is 0.307 e. The minimum Gasteiger partial charge on any atom is -0.481 e. The number of rotatable bonds is 4. The number of alkyl halides is 2. The number of aliphatic carboxylic acids is 1. The molecule has 4 nitrogen and oxygen atoms in total. The molecule has 0 saturated carbocycles. The predicted octanol–water partition coefficient (Wildman–Crippen LogP) is 3.25. The summed E-state index contributed by atoms with van der Waals surface area (Å²) in [6.45, 7) is 4.37. The minimum absolute atomic E-state index is 0. The van der Waals surface area contributed by atoms with Crippen LogP contribution in [0.15, 0.2) is 24.3 Å². The van der Waals surface area contributed by atoms with Gasteiger partial charge in [0.15, 0.2) is 0 Å². The number of nitrogens with zero attached hydrogens (tertiary/aromatic N) is 1. The summed E-state index contributed by atoms with van der Waals surface area (Å²) in [5.41, 5.74) is 0.870. The summed E-state index contributed by atoms with van der Waals surface area (Å²) in [6, 6.07) is 0. The van der Waals surface area contributed by atoms with Gasteiger partial charge in [0.1, 0.15) is 0 Å². The highest BCUT2D eigenvalue weighted by atomic mass is 19.1. The van der Waals surface area contributed by atoms with Gasteiger partial charge in [-0.15, -0.1) is 0 Å². The lowest BCUT2D eigenvalue weighted by Crippen LogP contribution is -2.40.